The number of ether oxygens (including phenoxy) is 1. The van der Waals surface area contributed by atoms with E-state index in [1.165, 1.54) is 7.11 Å². The minimum Gasteiger partial charge on any atom is -0.465 e. The molecule has 0 radical (unpaired) electrons. The number of anilines is 1. The third kappa shape index (κ3) is 3.10. The van der Waals surface area contributed by atoms with E-state index in [1.54, 1.807) is 31.2 Å². The molecule has 21 heavy (non-hydrogen) atoms. The highest BCUT2D eigenvalue weighted by atomic mass is 16.5. The van der Waals surface area contributed by atoms with Crippen LogP contribution in [0.15, 0.2) is 28.8 Å². The summed E-state index contributed by atoms with van der Waals surface area (Å²) in [6.07, 6.45) is 0.612. The summed E-state index contributed by atoms with van der Waals surface area (Å²) < 4.78 is 9.65. The van der Waals surface area contributed by atoms with Crippen molar-refractivity contribution in [2.45, 2.75) is 20.3 Å². The molecule has 1 N–H and O–H groups in total. The number of methoxy groups -OCH3 is 1. The second-order valence-electron chi connectivity index (χ2n) is 4.44. The van der Waals surface area contributed by atoms with Gasteiger partial charge >= 0.3 is 5.97 Å². The maximum absolute atomic E-state index is 12.2. The normalized spacial score (nSPS) is 10.2. The van der Waals surface area contributed by atoms with Gasteiger partial charge in [0.2, 0.25) is 0 Å². The molecular formula is C15H16N2O4. The summed E-state index contributed by atoms with van der Waals surface area (Å²) in [7, 11) is 1.32. The largest absolute Gasteiger partial charge is 0.465 e. The molecule has 0 aliphatic heterocycles. The molecule has 0 bridgehead atoms. The molecule has 0 saturated heterocycles. The molecule has 1 heterocycles. The lowest BCUT2D eigenvalue weighted by Gasteiger charge is -2.06. The SMILES string of the molecule is CCc1noc(C)c1C(=O)Nc1ccc(C(=O)OC)cc1. The first-order chi connectivity index (χ1) is 10.1. The average molecular weight is 288 g/mol. The lowest BCUT2D eigenvalue weighted by Crippen LogP contribution is -2.14. The highest BCUT2D eigenvalue weighted by Gasteiger charge is 2.19. The predicted octanol–water partition coefficient (Wildman–Crippen LogP) is 2.58. The first-order valence-corrected chi connectivity index (χ1v) is 6.51. The van der Waals surface area contributed by atoms with Gasteiger partial charge in [-0.15, -0.1) is 0 Å². The number of carbonyl (C=O) groups is 2. The number of hydrogen-bond donors (Lipinski definition) is 1. The standard InChI is InChI=1S/C15H16N2O4/c1-4-12-13(9(2)21-17-12)14(18)16-11-7-5-10(6-8-11)15(19)20-3/h5-8H,4H2,1-3H3,(H,16,18). The Morgan fingerprint density at radius 3 is 2.52 bits per heavy atom. The second kappa shape index (κ2) is 6.21. The van der Waals surface area contributed by atoms with Crippen LogP contribution in [0.1, 0.15) is 39.1 Å². The van der Waals surface area contributed by atoms with Crippen molar-refractivity contribution in [3.8, 4) is 0 Å². The van der Waals surface area contributed by atoms with Gasteiger partial charge in [-0.25, -0.2) is 4.79 Å². The summed E-state index contributed by atoms with van der Waals surface area (Å²) in [5.74, 6) is -0.219. The number of hydrogen-bond acceptors (Lipinski definition) is 5. The Morgan fingerprint density at radius 1 is 1.29 bits per heavy atom. The fourth-order valence-corrected chi connectivity index (χ4v) is 1.95. The smallest absolute Gasteiger partial charge is 0.337 e. The predicted molar refractivity (Wildman–Crippen MR) is 76.4 cm³/mol. The van der Waals surface area contributed by atoms with E-state index >= 15 is 0 Å². The van der Waals surface area contributed by atoms with E-state index in [4.69, 9.17) is 4.52 Å². The van der Waals surface area contributed by atoms with Crippen LogP contribution in [0.4, 0.5) is 5.69 Å². The van der Waals surface area contributed by atoms with E-state index in [1.807, 2.05) is 6.92 Å². The minimum atomic E-state index is -0.420. The van der Waals surface area contributed by atoms with Gasteiger partial charge in [0, 0.05) is 5.69 Å². The van der Waals surface area contributed by atoms with Crippen molar-refractivity contribution in [2.24, 2.45) is 0 Å². The van der Waals surface area contributed by atoms with Gasteiger partial charge in [0.05, 0.1) is 18.4 Å². The lowest BCUT2D eigenvalue weighted by molar-refractivity contribution is 0.0600. The molecule has 0 atom stereocenters. The first-order valence-electron chi connectivity index (χ1n) is 6.51. The van der Waals surface area contributed by atoms with E-state index in [9.17, 15) is 9.59 Å². The highest BCUT2D eigenvalue weighted by molar-refractivity contribution is 6.05. The average Bonchev–Trinajstić information content (AvgIpc) is 2.88. The number of rotatable bonds is 4. The van der Waals surface area contributed by atoms with Crippen LogP contribution in [0.2, 0.25) is 0 Å². The molecule has 0 saturated carbocycles. The Kier molecular flexibility index (Phi) is 4.37. The van der Waals surface area contributed by atoms with Crippen LogP contribution in [0.3, 0.4) is 0 Å². The minimum absolute atomic E-state index is 0.281. The van der Waals surface area contributed by atoms with Crippen LogP contribution in [-0.4, -0.2) is 24.1 Å². The maximum Gasteiger partial charge on any atom is 0.337 e. The Labute approximate surface area is 122 Å². The number of esters is 1. The fourth-order valence-electron chi connectivity index (χ4n) is 1.95. The van der Waals surface area contributed by atoms with E-state index in [-0.39, 0.29) is 5.91 Å². The van der Waals surface area contributed by atoms with Crippen molar-refractivity contribution in [2.75, 3.05) is 12.4 Å². The molecular weight excluding hydrogens is 272 g/mol. The lowest BCUT2D eigenvalue weighted by atomic mass is 10.1. The quantitative estimate of drug-likeness (QED) is 0.874. The molecule has 0 fully saturated rings. The Hall–Kier alpha value is -2.63. The van der Waals surface area contributed by atoms with Gasteiger partial charge in [-0.1, -0.05) is 12.1 Å². The van der Waals surface area contributed by atoms with Gasteiger partial charge in [0.15, 0.2) is 0 Å². The second-order valence-corrected chi connectivity index (χ2v) is 4.44. The van der Waals surface area contributed by atoms with E-state index < -0.39 is 5.97 Å². The number of aryl methyl sites for hydroxylation is 2. The van der Waals surface area contributed by atoms with E-state index in [0.717, 1.165) is 0 Å². The Morgan fingerprint density at radius 2 is 1.95 bits per heavy atom. The third-order valence-corrected chi connectivity index (χ3v) is 3.06. The number of benzene rings is 1. The highest BCUT2D eigenvalue weighted by Crippen LogP contribution is 2.17. The topological polar surface area (TPSA) is 81.4 Å². The van der Waals surface area contributed by atoms with Crippen LogP contribution in [0.5, 0.6) is 0 Å². The molecule has 1 aromatic carbocycles. The van der Waals surface area contributed by atoms with Gasteiger partial charge in [-0.2, -0.15) is 0 Å². The van der Waals surface area contributed by atoms with Crippen LogP contribution >= 0.6 is 0 Å². The van der Waals surface area contributed by atoms with E-state index in [0.29, 0.717) is 34.7 Å². The number of nitrogens with one attached hydrogen (secondary N) is 1. The molecule has 2 aromatic rings. The third-order valence-electron chi connectivity index (χ3n) is 3.06. The monoisotopic (exact) mass is 288 g/mol. The number of nitrogens with zero attached hydrogens (tertiary/aromatic N) is 1. The zero-order valence-corrected chi connectivity index (χ0v) is 12.1. The van der Waals surface area contributed by atoms with Gasteiger partial charge in [0.25, 0.3) is 5.91 Å². The first kappa shape index (κ1) is 14.8. The van der Waals surface area contributed by atoms with Gasteiger partial charge in [-0.05, 0) is 37.6 Å². The van der Waals surface area contributed by atoms with E-state index in [2.05, 4.69) is 15.2 Å². The molecule has 6 heteroatoms. The molecule has 0 unspecified atom stereocenters. The van der Waals surface area contributed by atoms with Crippen LogP contribution in [0, 0.1) is 6.92 Å². The maximum atomic E-state index is 12.2. The van der Waals surface area contributed by atoms with Gasteiger partial charge in [-0.3, -0.25) is 4.79 Å². The van der Waals surface area contributed by atoms with Crippen molar-refractivity contribution in [3.05, 3.63) is 46.8 Å². The summed E-state index contributed by atoms with van der Waals surface area (Å²) >= 11 is 0. The Balaban J connectivity index is 2.16. The molecule has 1 amide bonds. The molecule has 2 rings (SSSR count). The van der Waals surface area contributed by atoms with Gasteiger partial charge in [0.1, 0.15) is 11.3 Å². The number of amides is 1. The summed E-state index contributed by atoms with van der Waals surface area (Å²) in [6.45, 7) is 3.60. The summed E-state index contributed by atoms with van der Waals surface area (Å²) in [5.41, 5.74) is 2.08. The Bertz CT molecular complexity index is 659. The zero-order valence-electron chi connectivity index (χ0n) is 12.1. The molecule has 1 aromatic heterocycles. The molecule has 0 aliphatic rings. The van der Waals surface area contributed by atoms with Crippen LogP contribution < -0.4 is 5.32 Å². The molecule has 6 nitrogen and oxygen atoms in total. The number of aromatic nitrogens is 1. The molecule has 110 valence electrons. The summed E-state index contributed by atoms with van der Waals surface area (Å²) in [4.78, 5) is 23.6. The summed E-state index contributed by atoms with van der Waals surface area (Å²) in [5, 5.41) is 6.60. The van der Waals surface area contributed by atoms with Gasteiger partial charge < -0.3 is 14.6 Å². The van der Waals surface area contributed by atoms with Crippen molar-refractivity contribution in [1.29, 1.82) is 0 Å². The van der Waals surface area contributed by atoms with Crippen molar-refractivity contribution < 1.29 is 18.8 Å². The summed E-state index contributed by atoms with van der Waals surface area (Å²) in [6, 6.07) is 6.45. The molecule has 0 spiro atoms. The fraction of sp³-hybridized carbons (Fsp3) is 0.267. The van der Waals surface area contributed by atoms with Crippen molar-refractivity contribution in [1.82, 2.24) is 5.16 Å². The van der Waals surface area contributed by atoms with Crippen LogP contribution in [-0.2, 0) is 11.2 Å². The zero-order chi connectivity index (χ0) is 15.4. The molecule has 0 aliphatic carbocycles. The van der Waals surface area contributed by atoms with Crippen LogP contribution in [0.25, 0.3) is 0 Å². The van der Waals surface area contributed by atoms with Crippen molar-refractivity contribution in [3.63, 3.8) is 0 Å². The van der Waals surface area contributed by atoms with Crippen molar-refractivity contribution >= 4 is 17.6 Å². The number of carbonyl (C=O) groups excluding carboxylic acids is 2.